The topological polar surface area (TPSA) is 130 Å². The fourth-order valence-corrected chi connectivity index (χ4v) is 5.58. The Labute approximate surface area is 183 Å². The first-order valence-corrected chi connectivity index (χ1v) is 10.5. The van der Waals surface area contributed by atoms with Crippen LogP contribution >= 0.6 is 15.9 Å². The summed E-state index contributed by atoms with van der Waals surface area (Å²) in [6, 6.07) is 11.6. The third kappa shape index (κ3) is 2.28. The van der Waals surface area contributed by atoms with Crippen LogP contribution in [-0.4, -0.2) is 30.4 Å². The minimum Gasteiger partial charge on any atom is -0.399 e. The highest BCUT2D eigenvalue weighted by molar-refractivity contribution is 9.10. The number of hydrogen-bond acceptors (Lipinski definition) is 6. The zero-order chi connectivity index (χ0) is 21.7. The molecule has 0 fully saturated rings. The van der Waals surface area contributed by atoms with E-state index in [1.807, 2.05) is 6.08 Å². The monoisotopic (exact) mass is 462 g/mol. The lowest BCUT2D eigenvalue weighted by atomic mass is 9.48. The summed E-state index contributed by atoms with van der Waals surface area (Å²) in [6.07, 6.45) is 2.83. The highest BCUT2D eigenvalue weighted by Crippen LogP contribution is 2.62. The van der Waals surface area contributed by atoms with Gasteiger partial charge in [0.25, 0.3) is 0 Å². The van der Waals surface area contributed by atoms with Gasteiger partial charge in [-0.3, -0.25) is 9.69 Å². The first kappa shape index (κ1) is 20.2. The molecule has 1 aromatic rings. The SMILES string of the molecule is CCCN1CC=C2C(C#N)=C(N)C(C#N)(C#N)[C@@]3(C(=O)Nc4ccc(Br)cc43)[C@@H]2C1. The van der Waals surface area contributed by atoms with Gasteiger partial charge in [0.2, 0.25) is 11.3 Å². The molecule has 8 heteroatoms. The average molecular weight is 463 g/mol. The van der Waals surface area contributed by atoms with Gasteiger partial charge in [0.1, 0.15) is 11.5 Å². The zero-order valence-corrected chi connectivity index (χ0v) is 18.0. The van der Waals surface area contributed by atoms with Crippen LogP contribution in [0.25, 0.3) is 0 Å². The Hall–Kier alpha value is -3.12. The molecular weight excluding hydrogens is 444 g/mol. The predicted molar refractivity (Wildman–Crippen MR) is 113 cm³/mol. The van der Waals surface area contributed by atoms with E-state index in [0.717, 1.165) is 17.4 Å². The van der Waals surface area contributed by atoms with Crippen LogP contribution in [0.5, 0.6) is 0 Å². The Morgan fingerprint density at radius 2 is 2.07 bits per heavy atom. The number of carbonyl (C=O) groups is 1. The van der Waals surface area contributed by atoms with Crippen molar-refractivity contribution in [3.8, 4) is 18.2 Å². The quantitative estimate of drug-likeness (QED) is 0.694. The van der Waals surface area contributed by atoms with Crippen LogP contribution in [0.1, 0.15) is 18.9 Å². The fourth-order valence-electron chi connectivity index (χ4n) is 5.22. The molecule has 0 saturated carbocycles. The minimum absolute atomic E-state index is 0.140. The predicted octanol–water partition coefficient (Wildman–Crippen LogP) is 2.69. The van der Waals surface area contributed by atoms with E-state index in [0.29, 0.717) is 29.9 Å². The molecule has 2 aliphatic heterocycles. The maximum atomic E-state index is 13.7. The molecule has 2 heterocycles. The van der Waals surface area contributed by atoms with Gasteiger partial charge in [0.05, 0.1) is 23.4 Å². The van der Waals surface area contributed by atoms with Gasteiger partial charge in [-0.2, -0.15) is 15.8 Å². The van der Waals surface area contributed by atoms with E-state index >= 15 is 0 Å². The highest BCUT2D eigenvalue weighted by Gasteiger charge is 2.71. The number of amides is 1. The molecule has 30 heavy (non-hydrogen) atoms. The van der Waals surface area contributed by atoms with E-state index in [-0.39, 0.29) is 11.3 Å². The Kier molecular flexibility index (Phi) is 4.70. The largest absolute Gasteiger partial charge is 0.399 e. The Bertz CT molecular complexity index is 1130. The Morgan fingerprint density at radius 3 is 2.70 bits per heavy atom. The third-order valence-corrected chi connectivity index (χ3v) is 6.95. The minimum atomic E-state index is -2.01. The maximum absolute atomic E-state index is 13.7. The smallest absolute Gasteiger partial charge is 0.238 e. The molecule has 0 bridgehead atoms. The van der Waals surface area contributed by atoms with E-state index in [2.05, 4.69) is 51.3 Å². The van der Waals surface area contributed by atoms with Crippen molar-refractivity contribution in [2.45, 2.75) is 18.8 Å². The summed E-state index contributed by atoms with van der Waals surface area (Å²) >= 11 is 3.46. The normalized spacial score (nSPS) is 26.7. The number of nitrogens with one attached hydrogen (secondary N) is 1. The van der Waals surface area contributed by atoms with Crippen molar-refractivity contribution < 1.29 is 4.79 Å². The van der Waals surface area contributed by atoms with Crippen molar-refractivity contribution in [3.05, 3.63) is 51.2 Å². The second-order valence-corrected chi connectivity index (χ2v) is 8.71. The molecule has 1 aliphatic carbocycles. The van der Waals surface area contributed by atoms with Gasteiger partial charge in [-0.15, -0.1) is 0 Å². The fraction of sp³-hybridized carbons (Fsp3) is 0.364. The first-order valence-electron chi connectivity index (χ1n) is 9.68. The molecule has 1 amide bonds. The molecule has 3 aliphatic rings. The number of nitrogens with zero attached hydrogens (tertiary/aromatic N) is 4. The van der Waals surface area contributed by atoms with Crippen LogP contribution in [-0.2, 0) is 10.2 Å². The number of allylic oxidation sites excluding steroid dienone is 2. The summed E-state index contributed by atoms with van der Waals surface area (Å²) in [5.41, 5.74) is 4.55. The number of rotatable bonds is 2. The molecule has 0 aromatic heterocycles. The summed E-state index contributed by atoms with van der Waals surface area (Å²) in [7, 11) is 0. The molecule has 150 valence electrons. The van der Waals surface area contributed by atoms with E-state index in [1.165, 1.54) is 0 Å². The molecule has 0 radical (unpaired) electrons. The second kappa shape index (κ2) is 6.99. The number of carbonyl (C=O) groups excluding carboxylic acids is 1. The standard InChI is InChI=1S/C22H19BrN6O/c1-2-6-29-7-5-14-15(9-24)19(27)21(11-25,12-26)22(17(14)10-29)16-8-13(23)3-4-18(16)28-20(22)30/h3-5,8,17H,2,6-7,10,27H2,1H3,(H,28,30)/t17-,22-/m1/s1. The molecular formula is C22H19BrN6O. The van der Waals surface area contributed by atoms with Crippen molar-refractivity contribution in [2.75, 3.05) is 25.0 Å². The number of benzene rings is 1. The van der Waals surface area contributed by atoms with Gasteiger partial charge in [-0.1, -0.05) is 28.9 Å². The Morgan fingerprint density at radius 1 is 1.33 bits per heavy atom. The molecule has 1 aromatic carbocycles. The van der Waals surface area contributed by atoms with Crippen molar-refractivity contribution in [1.82, 2.24) is 4.90 Å². The molecule has 3 N–H and O–H groups in total. The van der Waals surface area contributed by atoms with Crippen molar-refractivity contribution in [2.24, 2.45) is 17.1 Å². The van der Waals surface area contributed by atoms with Crippen LogP contribution in [0.3, 0.4) is 0 Å². The lowest BCUT2D eigenvalue weighted by Gasteiger charge is -2.51. The first-order chi connectivity index (χ1) is 14.4. The Balaban J connectivity index is 2.14. The molecule has 4 rings (SSSR count). The average Bonchev–Trinajstić information content (AvgIpc) is 3.03. The van der Waals surface area contributed by atoms with Gasteiger partial charge in [-0.05, 0) is 42.3 Å². The van der Waals surface area contributed by atoms with E-state index in [9.17, 15) is 20.6 Å². The van der Waals surface area contributed by atoms with Gasteiger partial charge in [0.15, 0.2) is 0 Å². The van der Waals surface area contributed by atoms with Crippen LogP contribution < -0.4 is 11.1 Å². The molecule has 7 nitrogen and oxygen atoms in total. The van der Waals surface area contributed by atoms with Crippen LogP contribution in [0.15, 0.2) is 45.6 Å². The van der Waals surface area contributed by atoms with Gasteiger partial charge in [-0.25, -0.2) is 0 Å². The van der Waals surface area contributed by atoms with Crippen LogP contribution in [0.2, 0.25) is 0 Å². The van der Waals surface area contributed by atoms with E-state index in [4.69, 9.17) is 5.73 Å². The van der Waals surface area contributed by atoms with Crippen molar-refractivity contribution in [3.63, 3.8) is 0 Å². The molecule has 0 unspecified atom stereocenters. The third-order valence-electron chi connectivity index (χ3n) is 6.46. The van der Waals surface area contributed by atoms with Crippen molar-refractivity contribution in [1.29, 1.82) is 15.8 Å². The molecule has 1 spiro atoms. The maximum Gasteiger partial charge on any atom is 0.238 e. The number of halogens is 1. The summed E-state index contributed by atoms with van der Waals surface area (Å²) in [5.74, 6) is -0.998. The zero-order valence-electron chi connectivity index (χ0n) is 16.4. The van der Waals surface area contributed by atoms with Gasteiger partial charge >= 0.3 is 0 Å². The number of hydrogen-bond donors (Lipinski definition) is 2. The number of nitrogens with two attached hydrogens (primary N) is 1. The lowest BCUT2D eigenvalue weighted by Crippen LogP contribution is -2.62. The lowest BCUT2D eigenvalue weighted by molar-refractivity contribution is -0.125. The molecule has 2 atom stereocenters. The van der Waals surface area contributed by atoms with Crippen molar-refractivity contribution >= 4 is 27.5 Å². The van der Waals surface area contributed by atoms with Crippen LogP contribution in [0, 0.1) is 45.3 Å². The van der Waals surface area contributed by atoms with Gasteiger partial charge < -0.3 is 11.1 Å². The second-order valence-electron chi connectivity index (χ2n) is 7.80. The molecule has 0 saturated heterocycles. The number of nitriles is 3. The summed E-state index contributed by atoms with van der Waals surface area (Å²) < 4.78 is 0.724. The number of anilines is 1. The summed E-state index contributed by atoms with van der Waals surface area (Å²) in [4.78, 5) is 15.9. The summed E-state index contributed by atoms with van der Waals surface area (Å²) in [6.45, 7) is 3.93. The van der Waals surface area contributed by atoms with Crippen LogP contribution in [0.4, 0.5) is 5.69 Å². The van der Waals surface area contributed by atoms with Gasteiger partial charge in [0, 0.05) is 29.2 Å². The number of fused-ring (bicyclic) bond motifs is 4. The van der Waals surface area contributed by atoms with E-state index in [1.54, 1.807) is 18.2 Å². The van der Waals surface area contributed by atoms with E-state index < -0.39 is 22.7 Å². The highest BCUT2D eigenvalue weighted by atomic mass is 79.9. The summed E-state index contributed by atoms with van der Waals surface area (Å²) in [5, 5.41) is 33.3.